The van der Waals surface area contributed by atoms with Crippen molar-refractivity contribution in [3.05, 3.63) is 0 Å². The Kier molecular flexibility index (Phi) is 7.34. The number of amides is 2. The first kappa shape index (κ1) is 18.2. The largest absolute Gasteiger partial charge is 0.365 e. The van der Waals surface area contributed by atoms with Crippen LogP contribution in [0.1, 0.15) is 65.2 Å². The summed E-state index contributed by atoms with van der Waals surface area (Å²) < 4.78 is 5.88. The minimum atomic E-state index is -0.421. The number of ether oxygens (including phenoxy) is 1. The first-order valence-corrected chi connectivity index (χ1v) is 9.27. The zero-order valence-electron chi connectivity index (χ0n) is 14.6. The fourth-order valence-electron chi connectivity index (χ4n) is 3.70. The number of carbonyl (C=O) groups is 2. The highest BCUT2D eigenvalue weighted by Crippen LogP contribution is 2.26. The summed E-state index contributed by atoms with van der Waals surface area (Å²) in [6.45, 7) is 5.01. The summed E-state index contributed by atoms with van der Waals surface area (Å²) in [7, 11) is 0. The lowest BCUT2D eigenvalue weighted by atomic mass is 9.88. The third-order valence-electron chi connectivity index (χ3n) is 5.10. The molecule has 2 rings (SSSR count). The maximum Gasteiger partial charge on any atom is 0.248 e. The number of carbonyl (C=O) groups excluding carboxylic acids is 2. The molecule has 3 unspecified atom stereocenters. The maximum absolute atomic E-state index is 12.1. The minimum Gasteiger partial charge on any atom is -0.365 e. The standard InChI is InChI=1S/C18H32N2O3/c1-13-6-5-9-16(12-13)23-14(2)17(21)19-10-11-20-18(22)15-7-3-4-8-15/h13-16H,3-12H2,1-2H3,(H,19,21)(H,20,22). The Morgan fingerprint density at radius 2 is 1.74 bits per heavy atom. The van der Waals surface area contributed by atoms with Gasteiger partial charge in [-0.15, -0.1) is 0 Å². The zero-order chi connectivity index (χ0) is 16.7. The van der Waals surface area contributed by atoms with Gasteiger partial charge >= 0.3 is 0 Å². The molecule has 0 radical (unpaired) electrons. The van der Waals surface area contributed by atoms with Crippen molar-refractivity contribution < 1.29 is 14.3 Å². The molecule has 0 aromatic heterocycles. The molecule has 2 fully saturated rings. The molecular weight excluding hydrogens is 292 g/mol. The first-order chi connectivity index (χ1) is 11.1. The number of nitrogens with one attached hydrogen (secondary N) is 2. The molecule has 2 saturated carbocycles. The van der Waals surface area contributed by atoms with Crippen LogP contribution in [0.2, 0.25) is 0 Å². The molecule has 5 nitrogen and oxygen atoms in total. The van der Waals surface area contributed by atoms with Gasteiger partial charge in [-0.05, 0) is 38.5 Å². The topological polar surface area (TPSA) is 67.4 Å². The Morgan fingerprint density at radius 1 is 1.04 bits per heavy atom. The monoisotopic (exact) mass is 324 g/mol. The molecule has 2 N–H and O–H groups in total. The van der Waals surface area contributed by atoms with Crippen LogP contribution in [0.3, 0.4) is 0 Å². The van der Waals surface area contributed by atoms with Crippen molar-refractivity contribution in [2.24, 2.45) is 11.8 Å². The Labute approximate surface area is 139 Å². The van der Waals surface area contributed by atoms with Gasteiger partial charge in [0.25, 0.3) is 0 Å². The van der Waals surface area contributed by atoms with Gasteiger partial charge in [0, 0.05) is 19.0 Å². The lowest BCUT2D eigenvalue weighted by molar-refractivity contribution is -0.137. The molecule has 0 heterocycles. The Hall–Kier alpha value is -1.10. The van der Waals surface area contributed by atoms with Crippen LogP contribution in [0.15, 0.2) is 0 Å². The molecule has 0 aromatic rings. The van der Waals surface area contributed by atoms with Crippen molar-refractivity contribution in [1.82, 2.24) is 10.6 Å². The van der Waals surface area contributed by atoms with E-state index >= 15 is 0 Å². The van der Waals surface area contributed by atoms with Crippen molar-refractivity contribution in [3.63, 3.8) is 0 Å². The van der Waals surface area contributed by atoms with E-state index in [4.69, 9.17) is 4.74 Å². The fraction of sp³-hybridized carbons (Fsp3) is 0.889. The second-order valence-corrected chi connectivity index (χ2v) is 7.24. The fourth-order valence-corrected chi connectivity index (χ4v) is 3.70. The molecule has 0 aromatic carbocycles. The SMILES string of the molecule is CC1CCCC(OC(C)C(=O)NCCNC(=O)C2CCCC2)C1. The lowest BCUT2D eigenvalue weighted by Crippen LogP contribution is -2.42. The quantitative estimate of drug-likeness (QED) is 0.707. The molecule has 2 amide bonds. The lowest BCUT2D eigenvalue weighted by Gasteiger charge is -2.29. The van der Waals surface area contributed by atoms with Crippen LogP contribution in [-0.2, 0) is 14.3 Å². The van der Waals surface area contributed by atoms with E-state index in [-0.39, 0.29) is 23.8 Å². The molecule has 2 aliphatic rings. The number of rotatable bonds is 7. The molecule has 23 heavy (non-hydrogen) atoms. The van der Waals surface area contributed by atoms with Gasteiger partial charge in [-0.3, -0.25) is 9.59 Å². The molecule has 5 heteroatoms. The average Bonchev–Trinajstić information content (AvgIpc) is 3.05. The Bertz CT molecular complexity index is 394. The van der Waals surface area contributed by atoms with Gasteiger partial charge < -0.3 is 15.4 Å². The van der Waals surface area contributed by atoms with E-state index in [0.717, 1.165) is 38.5 Å². The van der Waals surface area contributed by atoms with Crippen LogP contribution in [0, 0.1) is 11.8 Å². The summed E-state index contributed by atoms with van der Waals surface area (Å²) >= 11 is 0. The summed E-state index contributed by atoms with van der Waals surface area (Å²) in [5, 5.41) is 5.76. The summed E-state index contributed by atoms with van der Waals surface area (Å²) in [6, 6.07) is 0. The molecule has 2 aliphatic carbocycles. The average molecular weight is 324 g/mol. The van der Waals surface area contributed by atoms with Gasteiger partial charge in [-0.1, -0.05) is 32.6 Å². The molecule has 0 spiro atoms. The number of hydrogen-bond donors (Lipinski definition) is 2. The zero-order valence-corrected chi connectivity index (χ0v) is 14.6. The van der Waals surface area contributed by atoms with Crippen molar-refractivity contribution in [3.8, 4) is 0 Å². The van der Waals surface area contributed by atoms with Crippen LogP contribution in [-0.4, -0.2) is 37.1 Å². The smallest absolute Gasteiger partial charge is 0.248 e. The van der Waals surface area contributed by atoms with Crippen molar-refractivity contribution in [2.75, 3.05) is 13.1 Å². The van der Waals surface area contributed by atoms with E-state index < -0.39 is 6.10 Å². The predicted octanol–water partition coefficient (Wildman–Crippen LogP) is 2.39. The first-order valence-electron chi connectivity index (χ1n) is 9.27. The van der Waals surface area contributed by atoms with E-state index in [1.807, 2.05) is 6.92 Å². The summed E-state index contributed by atoms with van der Waals surface area (Å²) in [6.07, 6.45) is 8.67. The second-order valence-electron chi connectivity index (χ2n) is 7.24. The summed E-state index contributed by atoms with van der Waals surface area (Å²) in [5.41, 5.74) is 0. The van der Waals surface area contributed by atoms with E-state index in [0.29, 0.717) is 19.0 Å². The molecule has 132 valence electrons. The van der Waals surface area contributed by atoms with Crippen molar-refractivity contribution in [1.29, 1.82) is 0 Å². The van der Waals surface area contributed by atoms with Gasteiger partial charge in [0.1, 0.15) is 6.10 Å². The highest BCUT2D eigenvalue weighted by Gasteiger charge is 2.24. The highest BCUT2D eigenvalue weighted by molar-refractivity contribution is 5.81. The second kappa shape index (κ2) is 9.26. The van der Waals surface area contributed by atoms with E-state index in [1.54, 1.807) is 0 Å². The highest BCUT2D eigenvalue weighted by atomic mass is 16.5. The van der Waals surface area contributed by atoms with Crippen molar-refractivity contribution >= 4 is 11.8 Å². The number of hydrogen-bond acceptors (Lipinski definition) is 3. The predicted molar refractivity (Wildman–Crippen MR) is 89.9 cm³/mol. The maximum atomic E-state index is 12.1. The third kappa shape index (κ3) is 6.13. The third-order valence-corrected chi connectivity index (χ3v) is 5.10. The van der Waals surface area contributed by atoms with Crippen LogP contribution in [0.5, 0.6) is 0 Å². The normalized spacial score (nSPS) is 26.7. The Balaban J connectivity index is 1.57. The molecule has 0 bridgehead atoms. The van der Waals surface area contributed by atoms with Gasteiger partial charge in [0.2, 0.25) is 11.8 Å². The van der Waals surface area contributed by atoms with Gasteiger partial charge in [-0.25, -0.2) is 0 Å². The summed E-state index contributed by atoms with van der Waals surface area (Å²) in [4.78, 5) is 23.9. The molecule has 0 saturated heterocycles. The Morgan fingerprint density at radius 3 is 2.43 bits per heavy atom. The van der Waals surface area contributed by atoms with Crippen molar-refractivity contribution in [2.45, 2.75) is 77.4 Å². The van der Waals surface area contributed by atoms with Crippen LogP contribution >= 0.6 is 0 Å². The molecule has 0 aliphatic heterocycles. The van der Waals surface area contributed by atoms with Gasteiger partial charge in [0.15, 0.2) is 0 Å². The van der Waals surface area contributed by atoms with Crippen LogP contribution < -0.4 is 10.6 Å². The van der Waals surface area contributed by atoms with Crippen LogP contribution in [0.4, 0.5) is 0 Å². The van der Waals surface area contributed by atoms with E-state index in [2.05, 4.69) is 17.6 Å². The molecular formula is C18H32N2O3. The van der Waals surface area contributed by atoms with Gasteiger partial charge in [0.05, 0.1) is 6.10 Å². The van der Waals surface area contributed by atoms with Gasteiger partial charge in [-0.2, -0.15) is 0 Å². The summed E-state index contributed by atoms with van der Waals surface area (Å²) in [5.74, 6) is 0.923. The van der Waals surface area contributed by atoms with E-state index in [1.165, 1.54) is 12.8 Å². The van der Waals surface area contributed by atoms with Crippen LogP contribution in [0.25, 0.3) is 0 Å². The minimum absolute atomic E-state index is 0.0849. The molecule has 3 atom stereocenters. The van der Waals surface area contributed by atoms with E-state index in [9.17, 15) is 9.59 Å².